The molecule has 2 fully saturated rings. The molecule has 19 heavy (non-hydrogen) atoms. The number of rotatable bonds is 3. The summed E-state index contributed by atoms with van der Waals surface area (Å²) in [5, 5.41) is 6.23. The van der Waals surface area contributed by atoms with Crippen molar-refractivity contribution in [2.75, 3.05) is 19.6 Å². The van der Waals surface area contributed by atoms with Crippen LogP contribution in [0.25, 0.3) is 0 Å². The number of piperazine rings is 1. The van der Waals surface area contributed by atoms with E-state index in [0.717, 1.165) is 19.4 Å². The van der Waals surface area contributed by atoms with E-state index in [1.165, 1.54) is 19.3 Å². The SMILES string of the molecule is CC1(C)NCCN(CC(=O)NC2CCCCC2)C1=O. The number of hydrogen-bond donors (Lipinski definition) is 2. The first-order valence-corrected chi connectivity index (χ1v) is 7.33. The molecule has 0 bridgehead atoms. The Balaban J connectivity index is 1.82. The van der Waals surface area contributed by atoms with E-state index in [2.05, 4.69) is 10.6 Å². The predicted octanol–water partition coefficient (Wildman–Crippen LogP) is 0.646. The van der Waals surface area contributed by atoms with Gasteiger partial charge in [-0.25, -0.2) is 0 Å². The van der Waals surface area contributed by atoms with Gasteiger partial charge < -0.3 is 15.5 Å². The van der Waals surface area contributed by atoms with Gasteiger partial charge in [0.25, 0.3) is 0 Å². The van der Waals surface area contributed by atoms with Crippen molar-refractivity contribution in [1.82, 2.24) is 15.5 Å². The van der Waals surface area contributed by atoms with E-state index in [9.17, 15) is 9.59 Å². The minimum Gasteiger partial charge on any atom is -0.352 e. The highest BCUT2D eigenvalue weighted by Crippen LogP contribution is 2.17. The molecule has 1 heterocycles. The molecular formula is C14H25N3O2. The molecule has 2 aliphatic rings. The van der Waals surface area contributed by atoms with Crippen molar-refractivity contribution in [2.45, 2.75) is 57.5 Å². The standard InChI is InChI=1S/C14H25N3O2/c1-14(2)13(19)17(9-8-15-14)10-12(18)16-11-6-4-3-5-7-11/h11,15H,3-10H2,1-2H3,(H,16,18). The van der Waals surface area contributed by atoms with E-state index in [-0.39, 0.29) is 18.4 Å². The molecule has 2 amide bonds. The number of nitrogens with zero attached hydrogens (tertiary/aromatic N) is 1. The molecule has 2 rings (SSSR count). The molecule has 0 spiro atoms. The van der Waals surface area contributed by atoms with Crippen LogP contribution >= 0.6 is 0 Å². The zero-order valence-corrected chi connectivity index (χ0v) is 12.0. The Labute approximate surface area is 115 Å². The van der Waals surface area contributed by atoms with Gasteiger partial charge in [0.1, 0.15) is 0 Å². The molecule has 0 aromatic heterocycles. The van der Waals surface area contributed by atoms with Crippen LogP contribution in [-0.2, 0) is 9.59 Å². The van der Waals surface area contributed by atoms with E-state index in [1.807, 2.05) is 13.8 Å². The fraction of sp³-hybridized carbons (Fsp3) is 0.857. The Hall–Kier alpha value is -1.10. The first-order chi connectivity index (χ1) is 8.99. The molecular weight excluding hydrogens is 242 g/mol. The molecule has 0 aromatic carbocycles. The third kappa shape index (κ3) is 3.69. The van der Waals surface area contributed by atoms with Crippen LogP contribution in [0.15, 0.2) is 0 Å². The quantitative estimate of drug-likeness (QED) is 0.789. The second-order valence-corrected chi connectivity index (χ2v) is 6.18. The van der Waals surface area contributed by atoms with Crippen LogP contribution in [-0.4, -0.2) is 47.9 Å². The minimum atomic E-state index is -0.552. The molecule has 1 aliphatic carbocycles. The summed E-state index contributed by atoms with van der Waals surface area (Å²) in [7, 11) is 0. The van der Waals surface area contributed by atoms with Gasteiger partial charge in [0.2, 0.25) is 11.8 Å². The molecule has 1 saturated carbocycles. The van der Waals surface area contributed by atoms with E-state index in [0.29, 0.717) is 12.6 Å². The van der Waals surface area contributed by atoms with Gasteiger partial charge in [0.05, 0.1) is 12.1 Å². The van der Waals surface area contributed by atoms with Crippen molar-refractivity contribution in [1.29, 1.82) is 0 Å². The van der Waals surface area contributed by atoms with Crippen LogP contribution in [0.1, 0.15) is 46.0 Å². The lowest BCUT2D eigenvalue weighted by Crippen LogP contribution is -2.62. The number of carbonyl (C=O) groups is 2. The molecule has 1 aliphatic heterocycles. The average Bonchev–Trinajstić information content (AvgIpc) is 2.36. The van der Waals surface area contributed by atoms with Crippen LogP contribution in [0, 0.1) is 0 Å². The van der Waals surface area contributed by atoms with Crippen LogP contribution in [0.2, 0.25) is 0 Å². The average molecular weight is 267 g/mol. The van der Waals surface area contributed by atoms with Gasteiger partial charge in [-0.05, 0) is 26.7 Å². The van der Waals surface area contributed by atoms with Crippen LogP contribution in [0.4, 0.5) is 0 Å². The predicted molar refractivity (Wildman–Crippen MR) is 73.7 cm³/mol. The van der Waals surface area contributed by atoms with E-state index < -0.39 is 5.54 Å². The van der Waals surface area contributed by atoms with E-state index in [1.54, 1.807) is 4.90 Å². The van der Waals surface area contributed by atoms with Crippen LogP contribution < -0.4 is 10.6 Å². The van der Waals surface area contributed by atoms with Crippen molar-refractivity contribution in [3.8, 4) is 0 Å². The number of amides is 2. The van der Waals surface area contributed by atoms with Crippen molar-refractivity contribution < 1.29 is 9.59 Å². The Kier molecular flexibility index (Phi) is 4.45. The fourth-order valence-electron chi connectivity index (χ4n) is 2.92. The summed E-state index contributed by atoms with van der Waals surface area (Å²) in [6, 6.07) is 0.312. The highest BCUT2D eigenvalue weighted by atomic mass is 16.2. The summed E-state index contributed by atoms with van der Waals surface area (Å²) in [6.45, 7) is 5.28. The van der Waals surface area contributed by atoms with Gasteiger partial charge in [-0.3, -0.25) is 9.59 Å². The van der Waals surface area contributed by atoms with Gasteiger partial charge in [-0.15, -0.1) is 0 Å². The number of hydrogen-bond acceptors (Lipinski definition) is 3. The zero-order valence-electron chi connectivity index (χ0n) is 12.0. The maximum absolute atomic E-state index is 12.2. The topological polar surface area (TPSA) is 61.4 Å². The second kappa shape index (κ2) is 5.90. The van der Waals surface area contributed by atoms with Gasteiger partial charge in [-0.2, -0.15) is 0 Å². The molecule has 0 aromatic rings. The number of carbonyl (C=O) groups excluding carboxylic acids is 2. The summed E-state index contributed by atoms with van der Waals surface area (Å²) < 4.78 is 0. The molecule has 108 valence electrons. The molecule has 5 nitrogen and oxygen atoms in total. The molecule has 2 N–H and O–H groups in total. The third-order valence-electron chi connectivity index (χ3n) is 4.08. The largest absolute Gasteiger partial charge is 0.352 e. The van der Waals surface area contributed by atoms with Crippen molar-refractivity contribution in [2.24, 2.45) is 0 Å². The van der Waals surface area contributed by atoms with Crippen molar-refractivity contribution >= 4 is 11.8 Å². The van der Waals surface area contributed by atoms with Crippen LogP contribution in [0.5, 0.6) is 0 Å². The summed E-state index contributed by atoms with van der Waals surface area (Å²) in [5.41, 5.74) is -0.552. The lowest BCUT2D eigenvalue weighted by Gasteiger charge is -2.38. The zero-order chi connectivity index (χ0) is 13.9. The summed E-state index contributed by atoms with van der Waals surface area (Å²) in [5.74, 6) is -0.00417. The minimum absolute atomic E-state index is 0.0116. The number of nitrogens with one attached hydrogen (secondary N) is 2. The van der Waals surface area contributed by atoms with Crippen molar-refractivity contribution in [3.63, 3.8) is 0 Å². The Morgan fingerprint density at radius 3 is 2.74 bits per heavy atom. The van der Waals surface area contributed by atoms with Gasteiger partial charge in [0, 0.05) is 19.1 Å². The smallest absolute Gasteiger partial charge is 0.242 e. The molecule has 0 atom stereocenters. The van der Waals surface area contributed by atoms with Gasteiger partial charge in [-0.1, -0.05) is 19.3 Å². The normalized spacial score (nSPS) is 24.3. The van der Waals surface area contributed by atoms with E-state index in [4.69, 9.17) is 0 Å². The first kappa shape index (κ1) is 14.3. The van der Waals surface area contributed by atoms with E-state index >= 15 is 0 Å². The third-order valence-corrected chi connectivity index (χ3v) is 4.08. The monoisotopic (exact) mass is 267 g/mol. The Morgan fingerprint density at radius 1 is 1.37 bits per heavy atom. The second-order valence-electron chi connectivity index (χ2n) is 6.18. The summed E-state index contributed by atoms with van der Waals surface area (Å²) >= 11 is 0. The molecule has 5 heteroatoms. The summed E-state index contributed by atoms with van der Waals surface area (Å²) in [6.07, 6.45) is 5.82. The fourth-order valence-corrected chi connectivity index (χ4v) is 2.92. The lowest BCUT2D eigenvalue weighted by atomic mass is 9.95. The maximum Gasteiger partial charge on any atom is 0.242 e. The van der Waals surface area contributed by atoms with Crippen molar-refractivity contribution in [3.05, 3.63) is 0 Å². The van der Waals surface area contributed by atoms with Gasteiger partial charge >= 0.3 is 0 Å². The highest BCUT2D eigenvalue weighted by Gasteiger charge is 2.36. The van der Waals surface area contributed by atoms with Crippen LogP contribution in [0.3, 0.4) is 0 Å². The molecule has 0 unspecified atom stereocenters. The highest BCUT2D eigenvalue weighted by molar-refractivity contribution is 5.90. The maximum atomic E-state index is 12.2. The Bertz CT molecular complexity index is 349. The van der Waals surface area contributed by atoms with Gasteiger partial charge in [0.15, 0.2) is 0 Å². The first-order valence-electron chi connectivity index (χ1n) is 7.33. The lowest BCUT2D eigenvalue weighted by molar-refractivity contribution is -0.143. The summed E-state index contributed by atoms with van der Waals surface area (Å²) in [4.78, 5) is 25.8. The molecule has 1 saturated heterocycles. The Morgan fingerprint density at radius 2 is 2.05 bits per heavy atom. The molecule has 0 radical (unpaired) electrons.